The number of hydrogen-bond acceptors (Lipinski definition) is 5. The number of ether oxygens (including phenoxy) is 1. The maximum absolute atomic E-state index is 14.7. The fourth-order valence-electron chi connectivity index (χ4n) is 3.81. The van der Waals surface area contributed by atoms with Crippen molar-refractivity contribution in [1.29, 1.82) is 0 Å². The van der Waals surface area contributed by atoms with E-state index in [9.17, 15) is 17.6 Å². The Bertz CT molecular complexity index is 1380. The first-order valence-corrected chi connectivity index (χ1v) is 12.3. The summed E-state index contributed by atoms with van der Waals surface area (Å²) in [5.74, 6) is -0.0259. The molecule has 3 rings (SSSR count). The van der Waals surface area contributed by atoms with Crippen LogP contribution in [0.3, 0.4) is 0 Å². The number of rotatable bonds is 9. The number of hydrogen-bond donors (Lipinski definition) is 2. The van der Waals surface area contributed by atoms with E-state index < -0.39 is 21.9 Å². The van der Waals surface area contributed by atoms with Crippen molar-refractivity contribution >= 4 is 27.1 Å². The van der Waals surface area contributed by atoms with Gasteiger partial charge in [-0.15, -0.1) is 0 Å². The number of carbonyl (C=O) groups is 1. The zero-order valence-corrected chi connectivity index (χ0v) is 21.1. The second-order valence-corrected chi connectivity index (χ2v) is 10.4. The molecule has 2 N–H and O–H groups in total. The number of allylic oxidation sites excluding steroid dienone is 1. The lowest BCUT2D eigenvalue weighted by molar-refractivity contribution is 0.195. The molecule has 0 unspecified atom stereocenters. The molecule has 9 nitrogen and oxygen atoms in total. The average molecular weight is 505 g/mol. The van der Waals surface area contributed by atoms with Crippen molar-refractivity contribution in [3.8, 4) is 5.88 Å². The van der Waals surface area contributed by atoms with E-state index in [-0.39, 0.29) is 18.0 Å². The van der Waals surface area contributed by atoms with Crippen molar-refractivity contribution in [2.45, 2.75) is 31.7 Å². The fraction of sp³-hybridized carbons (Fsp3) is 0.333. The summed E-state index contributed by atoms with van der Waals surface area (Å²) in [5, 5.41) is 10.8. The Balaban J connectivity index is 2.03. The Kier molecular flexibility index (Phi) is 7.81. The summed E-state index contributed by atoms with van der Waals surface area (Å²) in [6.07, 6.45) is 0.408. The highest BCUT2D eigenvalue weighted by atomic mass is 32.2. The highest BCUT2D eigenvalue weighted by Gasteiger charge is 2.20. The van der Waals surface area contributed by atoms with Crippen LogP contribution in [0, 0.1) is 13.8 Å². The van der Waals surface area contributed by atoms with E-state index >= 15 is 0 Å². The van der Waals surface area contributed by atoms with Crippen LogP contribution in [0.25, 0.3) is 11.0 Å². The van der Waals surface area contributed by atoms with Crippen LogP contribution < -0.4 is 10.1 Å². The molecule has 0 radical (unpaired) electrons. The molecule has 0 spiro atoms. The second-order valence-electron chi connectivity index (χ2n) is 8.28. The number of carboxylic acid groups (broad SMARTS) is 1. The first kappa shape index (κ1) is 26.2. The van der Waals surface area contributed by atoms with Gasteiger partial charge in [0.25, 0.3) is 0 Å². The van der Waals surface area contributed by atoms with Gasteiger partial charge >= 0.3 is 6.09 Å². The highest BCUT2D eigenvalue weighted by Crippen LogP contribution is 2.31. The fourth-order valence-corrected chi connectivity index (χ4v) is 4.71. The third-order valence-electron chi connectivity index (χ3n) is 5.73. The van der Waals surface area contributed by atoms with Gasteiger partial charge in [0.1, 0.15) is 5.83 Å². The predicted octanol–water partition coefficient (Wildman–Crippen LogP) is 3.62. The Morgan fingerprint density at radius 2 is 1.91 bits per heavy atom. The van der Waals surface area contributed by atoms with Gasteiger partial charge in [0.15, 0.2) is 0 Å². The summed E-state index contributed by atoms with van der Waals surface area (Å²) in [6, 6.07) is 8.52. The molecule has 1 amide bonds. The molecule has 0 atom stereocenters. The van der Waals surface area contributed by atoms with Crippen LogP contribution in [0.5, 0.6) is 5.88 Å². The number of benzene rings is 1. The molecule has 11 heteroatoms. The Morgan fingerprint density at radius 3 is 2.49 bits per heavy atom. The van der Waals surface area contributed by atoms with Gasteiger partial charge in [-0.2, -0.15) is 0 Å². The van der Waals surface area contributed by atoms with E-state index in [1.54, 1.807) is 28.8 Å². The molecule has 188 valence electrons. The van der Waals surface area contributed by atoms with Gasteiger partial charge in [0.05, 0.1) is 29.6 Å². The zero-order chi connectivity index (χ0) is 25.9. The Labute approximate surface area is 203 Å². The average Bonchev–Trinajstić information content (AvgIpc) is 3.03. The van der Waals surface area contributed by atoms with Gasteiger partial charge in [-0.3, -0.25) is 0 Å². The topological polar surface area (TPSA) is 114 Å². The van der Waals surface area contributed by atoms with Gasteiger partial charge < -0.3 is 19.7 Å². The zero-order valence-electron chi connectivity index (χ0n) is 20.3. The van der Waals surface area contributed by atoms with Crippen LogP contribution in [0.4, 0.5) is 9.18 Å². The van der Waals surface area contributed by atoms with E-state index in [0.717, 1.165) is 32.2 Å². The number of halogens is 1. The lowest BCUT2D eigenvalue weighted by Crippen LogP contribution is -2.22. The molecule has 0 aliphatic heterocycles. The van der Waals surface area contributed by atoms with Gasteiger partial charge in [-0.1, -0.05) is 12.1 Å². The van der Waals surface area contributed by atoms with Crippen molar-refractivity contribution in [2.75, 3.05) is 27.7 Å². The third kappa shape index (κ3) is 5.63. The van der Waals surface area contributed by atoms with Crippen LogP contribution >= 0.6 is 0 Å². The molecular weight excluding hydrogens is 475 g/mol. The SMILES string of the molecule is COc1nc2c(Cc3ccc(S(=O)(=O)N(C)C)cc3)c(C)n(CC(F)=CCNC(=O)O)c2cc1C. The standard InChI is InChI=1S/C24H29FN4O5S/c1-15-12-21-22(27-23(15)34-5)20(16(2)29(21)14-18(25)10-11-26-24(30)31)13-17-6-8-19(9-7-17)35(32,33)28(3)4/h6-10,12,26H,11,13-14H2,1-5H3,(H,30,31). The lowest BCUT2D eigenvalue weighted by atomic mass is 10.0. The molecule has 0 saturated heterocycles. The number of aromatic nitrogens is 2. The van der Waals surface area contributed by atoms with Crippen molar-refractivity contribution in [1.82, 2.24) is 19.2 Å². The van der Waals surface area contributed by atoms with E-state index in [2.05, 4.69) is 10.3 Å². The first-order chi connectivity index (χ1) is 16.4. The highest BCUT2D eigenvalue weighted by molar-refractivity contribution is 7.89. The molecule has 0 bridgehead atoms. The van der Waals surface area contributed by atoms with Crippen LogP contribution in [0.15, 0.2) is 47.1 Å². The van der Waals surface area contributed by atoms with E-state index in [1.165, 1.54) is 27.3 Å². The molecular formula is C24H29FN4O5S. The summed E-state index contributed by atoms with van der Waals surface area (Å²) >= 11 is 0. The maximum atomic E-state index is 14.7. The number of aryl methyl sites for hydroxylation is 1. The largest absolute Gasteiger partial charge is 0.481 e. The monoisotopic (exact) mass is 504 g/mol. The third-order valence-corrected chi connectivity index (χ3v) is 7.56. The lowest BCUT2D eigenvalue weighted by Gasteiger charge is -2.12. The maximum Gasteiger partial charge on any atom is 0.404 e. The van der Waals surface area contributed by atoms with Gasteiger partial charge in [0, 0.05) is 43.9 Å². The van der Waals surface area contributed by atoms with E-state index in [1.807, 2.05) is 19.9 Å². The minimum atomic E-state index is -3.54. The second kappa shape index (κ2) is 10.4. The summed E-state index contributed by atoms with van der Waals surface area (Å²) in [7, 11) is 0.959. The molecule has 1 aromatic carbocycles. The number of sulfonamides is 1. The van der Waals surface area contributed by atoms with Crippen LogP contribution in [0.2, 0.25) is 0 Å². The molecule has 2 heterocycles. The van der Waals surface area contributed by atoms with Gasteiger partial charge in [-0.25, -0.2) is 26.9 Å². The molecule has 0 saturated carbocycles. The van der Waals surface area contributed by atoms with Crippen LogP contribution in [0.1, 0.15) is 22.4 Å². The van der Waals surface area contributed by atoms with E-state index in [4.69, 9.17) is 9.84 Å². The summed E-state index contributed by atoms with van der Waals surface area (Å²) in [6.45, 7) is 3.49. The smallest absolute Gasteiger partial charge is 0.404 e. The number of amides is 1. The first-order valence-electron chi connectivity index (χ1n) is 10.8. The summed E-state index contributed by atoms with van der Waals surface area (Å²) in [5.41, 5.74) is 4.69. The van der Waals surface area contributed by atoms with Crippen molar-refractivity contribution in [3.05, 3.63) is 64.6 Å². The molecule has 0 fully saturated rings. The minimum Gasteiger partial charge on any atom is -0.481 e. The predicted molar refractivity (Wildman–Crippen MR) is 131 cm³/mol. The minimum absolute atomic E-state index is 0.0862. The number of pyridine rings is 1. The molecule has 0 aliphatic rings. The summed E-state index contributed by atoms with van der Waals surface area (Å²) in [4.78, 5) is 15.5. The molecule has 3 aromatic rings. The van der Waals surface area contributed by atoms with Crippen LogP contribution in [-0.2, 0) is 23.0 Å². The molecule has 2 aromatic heterocycles. The number of fused-ring (bicyclic) bond motifs is 1. The Hall–Kier alpha value is -3.44. The normalized spacial score (nSPS) is 12.4. The van der Waals surface area contributed by atoms with Gasteiger partial charge in [-0.05, 0) is 43.7 Å². The quantitative estimate of drug-likeness (QED) is 0.460. The molecule has 0 aliphatic carbocycles. The number of nitrogens with one attached hydrogen (secondary N) is 1. The van der Waals surface area contributed by atoms with Gasteiger partial charge in [0.2, 0.25) is 15.9 Å². The van der Waals surface area contributed by atoms with Crippen LogP contribution in [-0.4, -0.2) is 61.2 Å². The molecule has 35 heavy (non-hydrogen) atoms. The van der Waals surface area contributed by atoms with Crippen molar-refractivity contribution in [2.24, 2.45) is 0 Å². The number of nitrogens with zero attached hydrogens (tertiary/aromatic N) is 3. The van der Waals surface area contributed by atoms with Crippen molar-refractivity contribution < 1.29 is 27.4 Å². The number of methoxy groups -OCH3 is 1. The van der Waals surface area contributed by atoms with Crippen molar-refractivity contribution in [3.63, 3.8) is 0 Å². The van der Waals surface area contributed by atoms with E-state index in [0.29, 0.717) is 17.8 Å². The summed E-state index contributed by atoms with van der Waals surface area (Å²) < 4.78 is 47.7. The Morgan fingerprint density at radius 1 is 1.26 bits per heavy atom.